The van der Waals surface area contributed by atoms with Gasteiger partial charge in [-0.15, -0.1) is 0 Å². The largest absolute Gasteiger partial charge is 0.329 e. The molecule has 23 heavy (non-hydrogen) atoms. The lowest BCUT2D eigenvalue weighted by Crippen LogP contribution is -2.30. The molecule has 0 unspecified atom stereocenters. The third-order valence-electron chi connectivity index (χ3n) is 3.42. The van der Waals surface area contributed by atoms with Gasteiger partial charge >= 0.3 is 6.03 Å². The van der Waals surface area contributed by atoms with Gasteiger partial charge in [0.25, 0.3) is 5.91 Å². The number of halogens is 2. The second-order valence-electron chi connectivity index (χ2n) is 5.03. The molecule has 0 aromatic heterocycles. The Morgan fingerprint density at radius 3 is 2.39 bits per heavy atom. The predicted octanol–water partition coefficient (Wildman–Crippen LogP) is 3.06. The monoisotopic (exact) mass is 314 g/mol. The predicted molar refractivity (Wildman–Crippen MR) is 79.9 cm³/mol. The molecular formula is C17H12F2N2O2. The van der Waals surface area contributed by atoms with Crippen molar-refractivity contribution in [1.29, 1.82) is 0 Å². The molecule has 1 aliphatic heterocycles. The number of rotatable bonds is 3. The Hall–Kier alpha value is -3.02. The zero-order chi connectivity index (χ0) is 16.4. The van der Waals surface area contributed by atoms with E-state index in [9.17, 15) is 18.4 Å². The molecule has 2 aromatic carbocycles. The van der Waals surface area contributed by atoms with Crippen LogP contribution in [0.4, 0.5) is 13.6 Å². The van der Waals surface area contributed by atoms with E-state index in [1.54, 1.807) is 6.07 Å². The molecule has 0 bridgehead atoms. The molecule has 4 nitrogen and oxygen atoms in total. The van der Waals surface area contributed by atoms with Gasteiger partial charge in [0.1, 0.15) is 17.3 Å². The molecule has 1 N–H and O–H groups in total. The Morgan fingerprint density at radius 1 is 1.00 bits per heavy atom. The summed E-state index contributed by atoms with van der Waals surface area (Å²) in [6.07, 6.45) is 1.29. The normalized spacial score (nSPS) is 16.1. The topological polar surface area (TPSA) is 49.4 Å². The zero-order valence-corrected chi connectivity index (χ0v) is 11.9. The maximum absolute atomic E-state index is 13.6. The molecule has 6 heteroatoms. The molecule has 116 valence electrons. The average Bonchev–Trinajstić information content (AvgIpc) is 2.79. The summed E-state index contributed by atoms with van der Waals surface area (Å²) in [6.45, 7) is 0.0135. The van der Waals surface area contributed by atoms with Crippen LogP contribution in [-0.2, 0) is 11.3 Å². The van der Waals surface area contributed by atoms with Gasteiger partial charge < -0.3 is 5.32 Å². The van der Waals surface area contributed by atoms with Gasteiger partial charge in [-0.2, -0.15) is 0 Å². The number of amides is 3. The molecule has 3 rings (SSSR count). The number of nitrogens with one attached hydrogen (secondary N) is 1. The summed E-state index contributed by atoms with van der Waals surface area (Å²) in [7, 11) is 0. The highest BCUT2D eigenvalue weighted by atomic mass is 19.1. The van der Waals surface area contributed by atoms with Gasteiger partial charge in [-0.05, 0) is 29.8 Å². The summed E-state index contributed by atoms with van der Waals surface area (Å²) in [5.74, 6) is -1.44. The van der Waals surface area contributed by atoms with E-state index >= 15 is 0 Å². The first kappa shape index (κ1) is 14.9. The van der Waals surface area contributed by atoms with Crippen LogP contribution in [0.15, 0.2) is 54.2 Å². The summed E-state index contributed by atoms with van der Waals surface area (Å²) < 4.78 is 26.5. The van der Waals surface area contributed by atoms with Gasteiger partial charge in [-0.3, -0.25) is 9.69 Å². The number of urea groups is 1. The van der Waals surface area contributed by atoms with E-state index in [0.29, 0.717) is 5.56 Å². The molecule has 0 radical (unpaired) electrons. The number of hydrogen-bond donors (Lipinski definition) is 1. The molecule has 0 aliphatic carbocycles. The first-order valence-corrected chi connectivity index (χ1v) is 6.88. The number of carbonyl (C=O) groups excluding carboxylic acids is 2. The van der Waals surface area contributed by atoms with E-state index < -0.39 is 23.6 Å². The van der Waals surface area contributed by atoms with E-state index in [-0.39, 0.29) is 17.8 Å². The van der Waals surface area contributed by atoms with E-state index in [0.717, 1.165) is 4.90 Å². The molecule has 0 spiro atoms. The van der Waals surface area contributed by atoms with Gasteiger partial charge in [0.2, 0.25) is 0 Å². The highest BCUT2D eigenvalue weighted by molar-refractivity contribution is 6.13. The fraction of sp³-hybridized carbons (Fsp3) is 0.0588. The van der Waals surface area contributed by atoms with Crippen molar-refractivity contribution in [2.75, 3.05) is 0 Å². The van der Waals surface area contributed by atoms with Crippen molar-refractivity contribution in [1.82, 2.24) is 10.2 Å². The Labute approximate surface area is 131 Å². The number of carbonyl (C=O) groups is 2. The molecule has 0 atom stereocenters. The molecule has 2 aromatic rings. The lowest BCUT2D eigenvalue weighted by molar-refractivity contribution is -0.123. The Morgan fingerprint density at radius 2 is 1.70 bits per heavy atom. The van der Waals surface area contributed by atoms with Crippen LogP contribution in [0, 0.1) is 11.6 Å². The number of nitrogens with zero attached hydrogens (tertiary/aromatic N) is 1. The molecule has 1 heterocycles. The third-order valence-corrected chi connectivity index (χ3v) is 3.42. The van der Waals surface area contributed by atoms with Crippen molar-refractivity contribution in [3.63, 3.8) is 0 Å². The summed E-state index contributed by atoms with van der Waals surface area (Å²) in [6, 6.07) is 10.8. The molecule has 1 saturated heterocycles. The van der Waals surface area contributed by atoms with Crippen molar-refractivity contribution >= 4 is 18.0 Å². The highest BCUT2D eigenvalue weighted by Gasteiger charge is 2.33. The van der Waals surface area contributed by atoms with Crippen molar-refractivity contribution in [3.8, 4) is 0 Å². The first-order valence-electron chi connectivity index (χ1n) is 6.88. The van der Waals surface area contributed by atoms with Crippen molar-refractivity contribution in [2.45, 2.75) is 6.54 Å². The van der Waals surface area contributed by atoms with Crippen LogP contribution in [0.3, 0.4) is 0 Å². The quantitative estimate of drug-likeness (QED) is 0.699. The summed E-state index contributed by atoms with van der Waals surface area (Å²) in [5.41, 5.74) is 0.823. The van der Waals surface area contributed by atoms with Crippen LogP contribution < -0.4 is 5.32 Å². The second kappa shape index (κ2) is 6.00. The fourth-order valence-corrected chi connectivity index (χ4v) is 2.24. The zero-order valence-electron chi connectivity index (χ0n) is 11.9. The maximum Gasteiger partial charge on any atom is 0.329 e. The van der Waals surface area contributed by atoms with Crippen molar-refractivity contribution in [2.24, 2.45) is 0 Å². The minimum atomic E-state index is -0.595. The van der Waals surface area contributed by atoms with Crippen LogP contribution in [0.5, 0.6) is 0 Å². The fourth-order valence-electron chi connectivity index (χ4n) is 2.24. The Balaban J connectivity index is 1.82. The SMILES string of the molecule is O=C1NC(=Cc2ccccc2F)C(=O)N1Cc1ccc(F)cc1. The molecule has 0 saturated carbocycles. The van der Waals surface area contributed by atoms with Crippen LogP contribution in [0.2, 0.25) is 0 Å². The smallest absolute Gasteiger partial charge is 0.303 e. The minimum absolute atomic E-state index is 0.00205. The molecule has 1 fully saturated rings. The second-order valence-corrected chi connectivity index (χ2v) is 5.03. The highest BCUT2D eigenvalue weighted by Crippen LogP contribution is 2.18. The Kier molecular flexibility index (Phi) is 3.89. The van der Waals surface area contributed by atoms with E-state index in [4.69, 9.17) is 0 Å². The van der Waals surface area contributed by atoms with E-state index in [1.807, 2.05) is 0 Å². The van der Waals surface area contributed by atoms with Gasteiger partial charge in [0.15, 0.2) is 0 Å². The lowest BCUT2D eigenvalue weighted by atomic mass is 10.1. The summed E-state index contributed by atoms with van der Waals surface area (Å²) in [4.78, 5) is 25.2. The first-order chi connectivity index (χ1) is 11.0. The summed E-state index contributed by atoms with van der Waals surface area (Å²) >= 11 is 0. The molecule has 1 aliphatic rings. The van der Waals surface area contributed by atoms with Crippen LogP contribution in [0.1, 0.15) is 11.1 Å². The van der Waals surface area contributed by atoms with Gasteiger partial charge in [-0.25, -0.2) is 13.6 Å². The Bertz CT molecular complexity index is 800. The standard InChI is InChI=1S/C17H12F2N2O2/c18-13-7-5-11(6-8-13)10-21-16(22)15(20-17(21)23)9-12-3-1-2-4-14(12)19/h1-9H,10H2,(H,20,23). The van der Waals surface area contributed by atoms with Gasteiger partial charge in [0, 0.05) is 5.56 Å². The third kappa shape index (κ3) is 3.11. The number of imide groups is 1. The minimum Gasteiger partial charge on any atom is -0.303 e. The van der Waals surface area contributed by atoms with Crippen LogP contribution in [-0.4, -0.2) is 16.8 Å². The van der Waals surface area contributed by atoms with Crippen LogP contribution in [0.25, 0.3) is 6.08 Å². The van der Waals surface area contributed by atoms with Crippen molar-refractivity contribution in [3.05, 3.63) is 77.0 Å². The average molecular weight is 314 g/mol. The number of benzene rings is 2. The lowest BCUT2D eigenvalue weighted by Gasteiger charge is -2.11. The van der Waals surface area contributed by atoms with E-state index in [1.165, 1.54) is 48.5 Å². The maximum atomic E-state index is 13.6. The van der Waals surface area contributed by atoms with Gasteiger partial charge in [0.05, 0.1) is 6.54 Å². The van der Waals surface area contributed by atoms with Gasteiger partial charge in [-0.1, -0.05) is 30.3 Å². The molecule has 3 amide bonds. The van der Waals surface area contributed by atoms with Crippen molar-refractivity contribution < 1.29 is 18.4 Å². The number of hydrogen-bond acceptors (Lipinski definition) is 2. The van der Waals surface area contributed by atoms with Crippen LogP contribution >= 0.6 is 0 Å². The van der Waals surface area contributed by atoms with E-state index in [2.05, 4.69) is 5.32 Å². The summed E-state index contributed by atoms with van der Waals surface area (Å²) in [5, 5.41) is 2.42. The molecular weight excluding hydrogens is 302 g/mol.